The Morgan fingerprint density at radius 1 is 1.07 bits per heavy atom. The predicted octanol–water partition coefficient (Wildman–Crippen LogP) is 5.98. The molecule has 0 radical (unpaired) electrons. The molecule has 0 bridgehead atoms. The number of alkyl halides is 5. The highest BCUT2D eigenvalue weighted by Crippen LogP contribution is 2.37. The second kappa shape index (κ2) is 13.0. The number of rotatable bonds is 9. The Balaban J connectivity index is 1.56. The monoisotopic (exact) mass is 631 g/mol. The number of aromatic amines is 1. The van der Waals surface area contributed by atoms with E-state index in [1.807, 2.05) is 0 Å². The summed E-state index contributed by atoms with van der Waals surface area (Å²) < 4.78 is 99.9. The summed E-state index contributed by atoms with van der Waals surface area (Å²) in [7, 11) is 0. The Hall–Kier alpha value is -3.91. The molecule has 15 heteroatoms. The van der Waals surface area contributed by atoms with Crippen molar-refractivity contribution in [2.24, 2.45) is 11.3 Å². The topological polar surface area (TPSA) is 109 Å². The van der Waals surface area contributed by atoms with Crippen molar-refractivity contribution >= 4 is 23.0 Å². The van der Waals surface area contributed by atoms with Crippen LogP contribution in [0.25, 0.3) is 11.2 Å². The van der Waals surface area contributed by atoms with Crippen LogP contribution in [0, 0.1) is 23.0 Å². The van der Waals surface area contributed by atoms with E-state index in [-0.39, 0.29) is 78.2 Å². The van der Waals surface area contributed by atoms with Crippen molar-refractivity contribution in [1.29, 1.82) is 0 Å². The van der Waals surface area contributed by atoms with Gasteiger partial charge in [0.1, 0.15) is 23.0 Å². The first-order chi connectivity index (χ1) is 20.5. The van der Waals surface area contributed by atoms with Crippen LogP contribution in [0.4, 0.5) is 30.7 Å². The number of ether oxygens (including phenoxy) is 1. The lowest BCUT2D eigenvalue weighted by atomic mass is 9.85. The van der Waals surface area contributed by atoms with Gasteiger partial charge in [-0.15, -0.1) is 0 Å². The molecule has 2 heterocycles. The number of aromatic nitrogens is 3. The van der Waals surface area contributed by atoms with Crippen LogP contribution < -0.4 is 15.4 Å². The molecule has 4 rings (SSSR count). The Bertz CT molecular complexity index is 1510. The Morgan fingerprint density at radius 2 is 1.75 bits per heavy atom. The van der Waals surface area contributed by atoms with E-state index < -0.39 is 60.0 Å². The van der Waals surface area contributed by atoms with Crippen molar-refractivity contribution in [2.75, 3.05) is 6.61 Å². The summed E-state index contributed by atoms with van der Waals surface area (Å²) in [6.07, 6.45) is -7.79. The van der Waals surface area contributed by atoms with Crippen LogP contribution in [-0.4, -0.2) is 52.0 Å². The molecular formula is C29H32F7N5O3. The minimum absolute atomic E-state index is 0.0315. The second-order valence-corrected chi connectivity index (χ2v) is 11.8. The summed E-state index contributed by atoms with van der Waals surface area (Å²) in [6.45, 7) is 3.78. The van der Waals surface area contributed by atoms with Crippen LogP contribution in [-0.2, 0) is 17.8 Å². The Kier molecular flexibility index (Phi) is 9.74. The summed E-state index contributed by atoms with van der Waals surface area (Å²) in [4.78, 5) is 36.3. The molecule has 0 saturated heterocycles. The van der Waals surface area contributed by atoms with E-state index in [4.69, 9.17) is 4.74 Å². The molecule has 1 saturated carbocycles. The first-order valence-corrected chi connectivity index (χ1v) is 13.9. The van der Waals surface area contributed by atoms with Crippen LogP contribution in [0.5, 0.6) is 5.88 Å². The second-order valence-electron chi connectivity index (χ2n) is 11.8. The van der Waals surface area contributed by atoms with Crippen molar-refractivity contribution in [3.8, 4) is 5.88 Å². The van der Waals surface area contributed by atoms with E-state index in [1.165, 1.54) is 12.1 Å². The maximum Gasteiger partial charge on any atom is 0.391 e. The van der Waals surface area contributed by atoms with E-state index in [9.17, 15) is 35.9 Å². The minimum Gasteiger partial charge on any atom is -0.471 e. The number of fused-ring (bicyclic) bond motifs is 1. The van der Waals surface area contributed by atoms with Crippen molar-refractivity contribution < 1.29 is 45.1 Å². The summed E-state index contributed by atoms with van der Waals surface area (Å²) in [5.41, 5.74) is -1.25. The van der Waals surface area contributed by atoms with Crippen molar-refractivity contribution in [2.45, 2.75) is 78.1 Å². The van der Waals surface area contributed by atoms with Gasteiger partial charge in [0.2, 0.25) is 11.8 Å². The molecule has 1 aliphatic rings. The molecule has 0 unspecified atom stereocenters. The third kappa shape index (κ3) is 7.97. The van der Waals surface area contributed by atoms with Gasteiger partial charge >= 0.3 is 6.18 Å². The minimum atomic E-state index is -4.33. The van der Waals surface area contributed by atoms with Gasteiger partial charge in [-0.2, -0.15) is 18.2 Å². The van der Waals surface area contributed by atoms with Gasteiger partial charge in [-0.1, -0.05) is 26.8 Å². The number of nitrogens with one attached hydrogen (secondary N) is 3. The molecule has 2 amide bonds. The zero-order chi connectivity index (χ0) is 32.4. The van der Waals surface area contributed by atoms with Crippen LogP contribution in [0.3, 0.4) is 0 Å². The van der Waals surface area contributed by atoms with E-state index in [1.54, 1.807) is 20.8 Å². The SMILES string of the molecule is CC(C)(C)C(=O)NCc1ccc(F)c(Cc2nc3nc(OCC(F)F)c(C(=O)NC4CCC(C(F)(F)F)CC4)cc3[nH]2)c1F. The number of carbonyl (C=O) groups is 2. The molecule has 0 atom stereocenters. The quantitative estimate of drug-likeness (QED) is 0.252. The molecule has 1 aliphatic carbocycles. The molecule has 1 aromatic carbocycles. The molecule has 3 N–H and O–H groups in total. The standard InChI is InChI=1S/C29H32F7N5O3/c1-28(2,3)27(43)37-12-14-4-9-19(30)17(23(14)33)11-22-39-20-10-18(26(41-24(20)40-22)44-13-21(31)32)25(42)38-16-7-5-15(6-8-16)29(34,35)36/h4,9-10,15-16,21H,5-8,11-13H2,1-3H3,(H,37,43)(H,38,42)(H,39,40,41). The summed E-state index contributed by atoms with van der Waals surface area (Å²) >= 11 is 0. The molecule has 2 aromatic heterocycles. The fourth-order valence-electron chi connectivity index (χ4n) is 4.86. The highest BCUT2D eigenvalue weighted by Gasteiger charge is 2.41. The summed E-state index contributed by atoms with van der Waals surface area (Å²) in [5, 5.41) is 5.22. The van der Waals surface area contributed by atoms with Crippen molar-refractivity contribution in [3.05, 3.63) is 52.3 Å². The largest absolute Gasteiger partial charge is 0.471 e. The highest BCUT2D eigenvalue weighted by molar-refractivity contribution is 5.99. The number of H-pyrrole nitrogens is 1. The number of pyridine rings is 1. The number of benzene rings is 1. The lowest BCUT2D eigenvalue weighted by Crippen LogP contribution is -2.40. The third-order valence-corrected chi connectivity index (χ3v) is 7.33. The fourth-order valence-corrected chi connectivity index (χ4v) is 4.86. The number of carbonyl (C=O) groups excluding carboxylic acids is 2. The molecular weight excluding hydrogens is 599 g/mol. The van der Waals surface area contributed by atoms with Gasteiger partial charge in [-0.25, -0.2) is 22.5 Å². The number of nitrogens with zero attached hydrogens (tertiary/aromatic N) is 2. The van der Waals surface area contributed by atoms with E-state index in [0.717, 1.165) is 6.07 Å². The first-order valence-electron chi connectivity index (χ1n) is 13.9. The summed E-state index contributed by atoms with van der Waals surface area (Å²) in [5.74, 6) is -4.80. The van der Waals surface area contributed by atoms with Gasteiger partial charge < -0.3 is 20.4 Å². The average Bonchev–Trinajstić information content (AvgIpc) is 3.33. The van der Waals surface area contributed by atoms with Gasteiger partial charge in [0.15, 0.2) is 12.3 Å². The van der Waals surface area contributed by atoms with E-state index >= 15 is 4.39 Å². The van der Waals surface area contributed by atoms with Crippen LogP contribution in [0.1, 0.15) is 73.8 Å². The molecule has 0 spiro atoms. The molecule has 240 valence electrons. The molecule has 3 aromatic rings. The maximum atomic E-state index is 15.3. The van der Waals surface area contributed by atoms with Gasteiger partial charge in [0.25, 0.3) is 12.3 Å². The van der Waals surface area contributed by atoms with Crippen LogP contribution in [0.2, 0.25) is 0 Å². The van der Waals surface area contributed by atoms with Crippen LogP contribution in [0.15, 0.2) is 18.2 Å². The van der Waals surface area contributed by atoms with Gasteiger partial charge in [0, 0.05) is 35.5 Å². The zero-order valence-electron chi connectivity index (χ0n) is 24.2. The van der Waals surface area contributed by atoms with Gasteiger partial charge in [-0.3, -0.25) is 9.59 Å². The average molecular weight is 632 g/mol. The Morgan fingerprint density at radius 3 is 2.36 bits per heavy atom. The van der Waals surface area contributed by atoms with Crippen molar-refractivity contribution in [1.82, 2.24) is 25.6 Å². The molecule has 44 heavy (non-hydrogen) atoms. The number of amides is 2. The van der Waals surface area contributed by atoms with E-state index in [2.05, 4.69) is 25.6 Å². The lowest BCUT2D eigenvalue weighted by Gasteiger charge is -2.30. The highest BCUT2D eigenvalue weighted by atomic mass is 19.4. The fraction of sp³-hybridized carbons (Fsp3) is 0.517. The Labute approximate surface area is 248 Å². The van der Waals surface area contributed by atoms with Crippen LogP contribution >= 0.6 is 0 Å². The summed E-state index contributed by atoms with van der Waals surface area (Å²) in [6, 6.07) is 2.91. The number of halogens is 7. The maximum absolute atomic E-state index is 15.3. The molecule has 0 aliphatic heterocycles. The van der Waals surface area contributed by atoms with E-state index in [0.29, 0.717) is 0 Å². The zero-order valence-corrected chi connectivity index (χ0v) is 24.2. The van der Waals surface area contributed by atoms with Crippen molar-refractivity contribution in [3.63, 3.8) is 0 Å². The lowest BCUT2D eigenvalue weighted by molar-refractivity contribution is -0.182. The predicted molar refractivity (Wildman–Crippen MR) is 145 cm³/mol. The molecule has 1 fully saturated rings. The van der Waals surface area contributed by atoms with Gasteiger partial charge in [-0.05, 0) is 37.8 Å². The molecule has 8 nitrogen and oxygen atoms in total. The number of hydrogen-bond acceptors (Lipinski definition) is 5. The smallest absolute Gasteiger partial charge is 0.391 e. The third-order valence-electron chi connectivity index (χ3n) is 7.33. The number of imidazole rings is 1. The van der Waals surface area contributed by atoms with Gasteiger partial charge in [0.05, 0.1) is 11.4 Å². The normalized spacial score (nSPS) is 17.6. The first kappa shape index (κ1) is 33.0. The number of hydrogen-bond donors (Lipinski definition) is 3.